The van der Waals surface area contributed by atoms with Gasteiger partial charge >= 0.3 is 0 Å². The number of anilines is 1. The predicted molar refractivity (Wildman–Crippen MR) is 77.0 cm³/mol. The third kappa shape index (κ3) is 2.33. The van der Waals surface area contributed by atoms with Gasteiger partial charge in [0.2, 0.25) is 0 Å². The highest BCUT2D eigenvalue weighted by Gasteiger charge is 2.07. The van der Waals surface area contributed by atoms with E-state index >= 15 is 0 Å². The Hall–Kier alpha value is -2.82. The molecule has 1 heterocycles. The number of rotatable bonds is 3. The second-order valence-electron chi connectivity index (χ2n) is 4.32. The number of carbonyl (C=O) groups excluding carboxylic acids is 1. The van der Waals surface area contributed by atoms with Crippen molar-refractivity contribution in [3.05, 3.63) is 54.4 Å². The van der Waals surface area contributed by atoms with E-state index in [0.29, 0.717) is 11.3 Å². The molecule has 100 valence electrons. The van der Waals surface area contributed by atoms with E-state index in [4.69, 9.17) is 4.74 Å². The minimum atomic E-state index is -0.178. The number of H-pyrrole nitrogens is 1. The van der Waals surface area contributed by atoms with Crippen LogP contribution in [-0.4, -0.2) is 23.0 Å². The molecule has 0 saturated carbocycles. The van der Waals surface area contributed by atoms with Crippen LogP contribution in [0.15, 0.2) is 48.8 Å². The summed E-state index contributed by atoms with van der Waals surface area (Å²) in [5.41, 5.74) is 3.02. The van der Waals surface area contributed by atoms with Gasteiger partial charge in [0.15, 0.2) is 0 Å². The lowest BCUT2D eigenvalue weighted by molar-refractivity contribution is 0.102. The van der Waals surface area contributed by atoms with Crippen LogP contribution in [0, 0.1) is 0 Å². The zero-order valence-electron chi connectivity index (χ0n) is 10.9. The summed E-state index contributed by atoms with van der Waals surface area (Å²) in [6.45, 7) is 0. The molecule has 1 amide bonds. The summed E-state index contributed by atoms with van der Waals surface area (Å²) >= 11 is 0. The summed E-state index contributed by atoms with van der Waals surface area (Å²) in [7, 11) is 1.57. The minimum absolute atomic E-state index is 0.178. The second kappa shape index (κ2) is 5.05. The van der Waals surface area contributed by atoms with Crippen LogP contribution in [0.5, 0.6) is 5.75 Å². The van der Waals surface area contributed by atoms with E-state index in [0.717, 1.165) is 16.7 Å². The summed E-state index contributed by atoms with van der Waals surface area (Å²) in [6, 6.07) is 12.5. The number of aromatic amines is 1. The van der Waals surface area contributed by atoms with Gasteiger partial charge in [-0.15, -0.1) is 0 Å². The fourth-order valence-corrected chi connectivity index (χ4v) is 1.98. The van der Waals surface area contributed by atoms with Gasteiger partial charge in [-0.25, -0.2) is 4.98 Å². The fraction of sp³-hybridized carbons (Fsp3) is 0.0667. The normalized spacial score (nSPS) is 10.4. The maximum absolute atomic E-state index is 12.2. The molecule has 0 atom stereocenters. The molecule has 0 bridgehead atoms. The molecule has 5 nitrogen and oxygen atoms in total. The van der Waals surface area contributed by atoms with Gasteiger partial charge in [-0.3, -0.25) is 4.79 Å². The number of nitrogens with zero attached hydrogens (tertiary/aromatic N) is 1. The van der Waals surface area contributed by atoms with E-state index in [1.807, 2.05) is 18.2 Å². The third-order valence-electron chi connectivity index (χ3n) is 3.01. The molecule has 0 fully saturated rings. The van der Waals surface area contributed by atoms with Gasteiger partial charge in [0, 0.05) is 11.3 Å². The summed E-state index contributed by atoms with van der Waals surface area (Å²) in [4.78, 5) is 19.3. The van der Waals surface area contributed by atoms with Crippen molar-refractivity contribution < 1.29 is 9.53 Å². The number of hydrogen-bond donors (Lipinski definition) is 2. The summed E-state index contributed by atoms with van der Waals surface area (Å²) < 4.78 is 5.11. The van der Waals surface area contributed by atoms with Crippen LogP contribution in [-0.2, 0) is 0 Å². The molecule has 1 aromatic heterocycles. The molecule has 0 radical (unpaired) electrons. The van der Waals surface area contributed by atoms with Crippen molar-refractivity contribution in [2.24, 2.45) is 0 Å². The molecule has 0 spiro atoms. The molecule has 0 aliphatic rings. The van der Waals surface area contributed by atoms with Crippen molar-refractivity contribution in [3.63, 3.8) is 0 Å². The summed E-state index contributed by atoms with van der Waals surface area (Å²) in [5.74, 6) is 0.476. The highest BCUT2D eigenvalue weighted by molar-refractivity contribution is 6.05. The van der Waals surface area contributed by atoms with Gasteiger partial charge in [0.1, 0.15) is 5.75 Å². The van der Waals surface area contributed by atoms with E-state index in [1.54, 1.807) is 37.7 Å². The number of fused-ring (bicyclic) bond motifs is 1. The number of benzene rings is 2. The monoisotopic (exact) mass is 267 g/mol. The maximum atomic E-state index is 12.2. The van der Waals surface area contributed by atoms with Crippen LogP contribution in [0.1, 0.15) is 10.4 Å². The first-order valence-electron chi connectivity index (χ1n) is 6.15. The Morgan fingerprint density at radius 1 is 1.25 bits per heavy atom. The van der Waals surface area contributed by atoms with E-state index < -0.39 is 0 Å². The van der Waals surface area contributed by atoms with Gasteiger partial charge < -0.3 is 15.0 Å². The van der Waals surface area contributed by atoms with Crippen LogP contribution in [0.4, 0.5) is 5.69 Å². The molecular formula is C15H13N3O2. The average molecular weight is 267 g/mol. The molecule has 0 aliphatic carbocycles. The quantitative estimate of drug-likeness (QED) is 0.766. The number of amides is 1. The maximum Gasteiger partial charge on any atom is 0.255 e. The summed E-state index contributed by atoms with van der Waals surface area (Å²) in [6.07, 6.45) is 1.62. The van der Waals surface area contributed by atoms with Crippen molar-refractivity contribution >= 4 is 22.6 Å². The molecule has 0 unspecified atom stereocenters. The Kier molecular flexibility index (Phi) is 3.09. The highest BCUT2D eigenvalue weighted by Crippen LogP contribution is 2.18. The Morgan fingerprint density at radius 2 is 2.15 bits per heavy atom. The van der Waals surface area contributed by atoms with Crippen LogP contribution in [0.3, 0.4) is 0 Å². The van der Waals surface area contributed by atoms with Crippen molar-refractivity contribution in [1.82, 2.24) is 9.97 Å². The lowest BCUT2D eigenvalue weighted by Crippen LogP contribution is -2.11. The number of nitrogens with one attached hydrogen (secondary N) is 2. The zero-order valence-corrected chi connectivity index (χ0v) is 10.9. The lowest BCUT2D eigenvalue weighted by Gasteiger charge is -2.06. The van der Waals surface area contributed by atoms with E-state index in [-0.39, 0.29) is 5.91 Å². The molecule has 0 aliphatic heterocycles. The molecule has 3 aromatic rings. The molecule has 5 heteroatoms. The number of carbonyl (C=O) groups is 1. The van der Waals surface area contributed by atoms with E-state index in [9.17, 15) is 4.79 Å². The lowest BCUT2D eigenvalue weighted by atomic mass is 10.2. The molecular weight excluding hydrogens is 254 g/mol. The van der Waals surface area contributed by atoms with Gasteiger partial charge in [-0.05, 0) is 36.4 Å². The Morgan fingerprint density at radius 3 is 3.00 bits per heavy atom. The van der Waals surface area contributed by atoms with Gasteiger partial charge in [-0.2, -0.15) is 0 Å². The second-order valence-corrected chi connectivity index (χ2v) is 4.32. The molecule has 2 aromatic carbocycles. The fourth-order valence-electron chi connectivity index (χ4n) is 1.98. The smallest absolute Gasteiger partial charge is 0.255 e. The van der Waals surface area contributed by atoms with E-state index in [2.05, 4.69) is 15.3 Å². The van der Waals surface area contributed by atoms with E-state index in [1.165, 1.54) is 0 Å². The standard InChI is InChI=1S/C15H13N3O2/c1-20-12-4-2-3-10(7-12)15(19)18-11-5-6-13-14(8-11)17-9-16-13/h2-9H,1H3,(H,16,17)(H,18,19). The number of aromatic nitrogens is 2. The van der Waals surface area contributed by atoms with Crippen LogP contribution >= 0.6 is 0 Å². The van der Waals surface area contributed by atoms with Crippen LogP contribution < -0.4 is 10.1 Å². The largest absolute Gasteiger partial charge is 0.497 e. The van der Waals surface area contributed by atoms with Crippen molar-refractivity contribution in [2.45, 2.75) is 0 Å². The van der Waals surface area contributed by atoms with Crippen molar-refractivity contribution in [3.8, 4) is 5.75 Å². The Bertz CT molecular complexity index is 764. The van der Waals surface area contributed by atoms with Gasteiger partial charge in [0.05, 0.1) is 24.5 Å². The zero-order chi connectivity index (χ0) is 13.9. The molecule has 2 N–H and O–H groups in total. The third-order valence-corrected chi connectivity index (χ3v) is 3.01. The first-order chi connectivity index (χ1) is 9.76. The Balaban J connectivity index is 1.83. The average Bonchev–Trinajstić information content (AvgIpc) is 2.95. The number of ether oxygens (including phenoxy) is 1. The van der Waals surface area contributed by atoms with Crippen molar-refractivity contribution in [1.29, 1.82) is 0 Å². The first-order valence-corrected chi connectivity index (χ1v) is 6.15. The first kappa shape index (κ1) is 12.2. The highest BCUT2D eigenvalue weighted by atomic mass is 16.5. The van der Waals surface area contributed by atoms with Crippen molar-refractivity contribution in [2.75, 3.05) is 12.4 Å². The number of imidazole rings is 1. The number of hydrogen-bond acceptors (Lipinski definition) is 3. The van der Waals surface area contributed by atoms with Gasteiger partial charge in [0.25, 0.3) is 5.91 Å². The minimum Gasteiger partial charge on any atom is -0.497 e. The Labute approximate surface area is 115 Å². The predicted octanol–water partition coefficient (Wildman–Crippen LogP) is 2.82. The SMILES string of the molecule is COc1cccc(C(=O)Nc2ccc3nc[nH]c3c2)c1. The summed E-state index contributed by atoms with van der Waals surface area (Å²) in [5, 5.41) is 2.85. The van der Waals surface area contributed by atoms with Crippen LogP contribution in [0.2, 0.25) is 0 Å². The number of methoxy groups -OCH3 is 1. The molecule has 20 heavy (non-hydrogen) atoms. The van der Waals surface area contributed by atoms with Crippen LogP contribution in [0.25, 0.3) is 11.0 Å². The topological polar surface area (TPSA) is 67.0 Å². The molecule has 0 saturated heterocycles. The van der Waals surface area contributed by atoms with Gasteiger partial charge in [-0.1, -0.05) is 6.07 Å². The molecule has 3 rings (SSSR count).